The Balaban J connectivity index is 1.37. The molecule has 0 bridgehead atoms. The van der Waals surface area contributed by atoms with Crippen molar-refractivity contribution in [2.24, 2.45) is 0 Å². The quantitative estimate of drug-likeness (QED) is 0.486. The van der Waals surface area contributed by atoms with E-state index in [4.69, 9.17) is 4.74 Å². The summed E-state index contributed by atoms with van der Waals surface area (Å²) in [7, 11) is 1.59. The maximum Gasteiger partial charge on any atom is 0.254 e. The fourth-order valence-corrected chi connectivity index (χ4v) is 4.40. The average molecular weight is 502 g/mol. The first-order valence-electron chi connectivity index (χ1n) is 12.7. The highest BCUT2D eigenvalue weighted by atomic mass is 16.5. The van der Waals surface area contributed by atoms with Gasteiger partial charge in [0, 0.05) is 43.3 Å². The number of anilines is 1. The van der Waals surface area contributed by atoms with E-state index in [1.807, 2.05) is 43.0 Å². The molecule has 0 unspecified atom stereocenters. The van der Waals surface area contributed by atoms with Crippen LogP contribution in [0.5, 0.6) is 5.75 Å². The van der Waals surface area contributed by atoms with Gasteiger partial charge in [0.2, 0.25) is 5.91 Å². The minimum absolute atomic E-state index is 0.0433. The Morgan fingerprint density at radius 2 is 1.65 bits per heavy atom. The smallest absolute Gasteiger partial charge is 0.254 e. The molecule has 1 saturated heterocycles. The lowest BCUT2D eigenvalue weighted by molar-refractivity contribution is -0.132. The number of methoxy groups -OCH3 is 1. The van der Waals surface area contributed by atoms with Crippen molar-refractivity contribution in [2.75, 3.05) is 44.7 Å². The Morgan fingerprint density at radius 1 is 0.919 bits per heavy atom. The molecule has 0 N–H and O–H groups in total. The number of aryl methyl sites for hydroxylation is 1. The van der Waals surface area contributed by atoms with Gasteiger partial charge in [-0.1, -0.05) is 29.8 Å². The van der Waals surface area contributed by atoms with Crippen LogP contribution >= 0.6 is 0 Å². The number of carbonyl (C=O) groups is 2. The maximum atomic E-state index is 13.2. The van der Waals surface area contributed by atoms with Crippen LogP contribution in [0.1, 0.15) is 36.2 Å². The topological polar surface area (TPSA) is 78.9 Å². The number of aromatic nitrogens is 2. The van der Waals surface area contributed by atoms with E-state index in [-0.39, 0.29) is 24.4 Å². The molecule has 1 aliphatic rings. The highest BCUT2D eigenvalue weighted by Gasteiger charge is 2.26. The summed E-state index contributed by atoms with van der Waals surface area (Å²) in [5.74, 6) is 1.29. The Bertz CT molecular complexity index is 1190. The summed E-state index contributed by atoms with van der Waals surface area (Å²) in [6.07, 6.45) is 0.821. The second-order valence-corrected chi connectivity index (χ2v) is 9.62. The molecule has 0 saturated carbocycles. The van der Waals surface area contributed by atoms with Crippen molar-refractivity contribution in [3.8, 4) is 17.0 Å². The second kappa shape index (κ2) is 11.9. The van der Waals surface area contributed by atoms with Crippen LogP contribution in [-0.2, 0) is 4.79 Å². The van der Waals surface area contributed by atoms with E-state index < -0.39 is 0 Å². The van der Waals surface area contributed by atoms with Crippen LogP contribution in [0, 0.1) is 6.92 Å². The minimum atomic E-state index is -0.161. The van der Waals surface area contributed by atoms with E-state index in [0.29, 0.717) is 30.9 Å². The van der Waals surface area contributed by atoms with Crippen molar-refractivity contribution in [3.63, 3.8) is 0 Å². The van der Waals surface area contributed by atoms with E-state index >= 15 is 0 Å². The Hall–Kier alpha value is -3.94. The first-order valence-corrected chi connectivity index (χ1v) is 12.7. The van der Waals surface area contributed by atoms with Crippen molar-refractivity contribution in [1.82, 2.24) is 20.0 Å². The van der Waals surface area contributed by atoms with E-state index in [1.54, 1.807) is 36.3 Å². The Kier molecular flexibility index (Phi) is 8.38. The molecule has 1 aromatic heterocycles. The number of nitrogens with zero attached hydrogens (tertiary/aromatic N) is 5. The summed E-state index contributed by atoms with van der Waals surface area (Å²) in [5, 5.41) is 8.90. The molecule has 37 heavy (non-hydrogen) atoms. The normalized spacial score (nSPS) is 13.9. The molecule has 0 spiro atoms. The number of rotatable bonds is 7. The molecular formula is C29H35N5O3. The van der Waals surface area contributed by atoms with E-state index in [9.17, 15) is 9.59 Å². The Morgan fingerprint density at radius 3 is 2.27 bits per heavy atom. The predicted octanol–water partition coefficient (Wildman–Crippen LogP) is 4.05. The van der Waals surface area contributed by atoms with Crippen LogP contribution in [0.2, 0.25) is 0 Å². The number of benzene rings is 2. The first kappa shape index (κ1) is 26.1. The highest BCUT2D eigenvalue weighted by molar-refractivity contribution is 5.96. The number of hydrogen-bond acceptors (Lipinski definition) is 6. The van der Waals surface area contributed by atoms with Gasteiger partial charge in [-0.25, -0.2) is 0 Å². The summed E-state index contributed by atoms with van der Waals surface area (Å²) in [6.45, 7) is 8.64. The molecule has 0 radical (unpaired) electrons. The lowest BCUT2D eigenvalue weighted by Gasteiger charge is -2.29. The van der Waals surface area contributed by atoms with Gasteiger partial charge >= 0.3 is 0 Å². The highest BCUT2D eigenvalue weighted by Crippen LogP contribution is 2.20. The summed E-state index contributed by atoms with van der Waals surface area (Å²) in [4.78, 5) is 32.0. The zero-order chi connectivity index (χ0) is 26.4. The average Bonchev–Trinajstić information content (AvgIpc) is 3.18. The van der Waals surface area contributed by atoms with Crippen molar-refractivity contribution in [3.05, 3.63) is 71.8 Å². The lowest BCUT2D eigenvalue weighted by Crippen LogP contribution is -2.46. The molecule has 2 heterocycles. The van der Waals surface area contributed by atoms with Gasteiger partial charge in [-0.3, -0.25) is 9.59 Å². The number of carbonyl (C=O) groups excluding carboxylic acids is 2. The van der Waals surface area contributed by atoms with Crippen molar-refractivity contribution in [2.45, 2.75) is 33.2 Å². The number of amides is 2. The van der Waals surface area contributed by atoms with E-state index in [1.165, 1.54) is 5.56 Å². The van der Waals surface area contributed by atoms with Crippen LogP contribution in [0.4, 0.5) is 5.82 Å². The minimum Gasteiger partial charge on any atom is -0.497 e. The Labute approximate surface area is 218 Å². The first-order chi connectivity index (χ1) is 17.9. The van der Waals surface area contributed by atoms with Gasteiger partial charge in [-0.05, 0) is 63.6 Å². The lowest BCUT2D eigenvalue weighted by atomic mass is 10.1. The van der Waals surface area contributed by atoms with Crippen molar-refractivity contribution in [1.29, 1.82) is 0 Å². The monoisotopic (exact) mass is 501 g/mol. The van der Waals surface area contributed by atoms with Gasteiger partial charge < -0.3 is 19.4 Å². The number of hydrogen-bond donors (Lipinski definition) is 0. The molecule has 0 aliphatic carbocycles. The standard InChI is InChI=1S/C29H35N5O3/c1-21(2)34(29(36)24-10-12-25(37-4)13-11-24)20-28(35)33-17-5-16-32(18-19-33)27-15-14-26(30-31-27)23-8-6-22(3)7-9-23/h6-15,21H,5,16-20H2,1-4H3. The predicted molar refractivity (Wildman–Crippen MR) is 145 cm³/mol. The van der Waals surface area contributed by atoms with E-state index in [2.05, 4.69) is 34.2 Å². The fraction of sp³-hybridized carbons (Fsp3) is 0.379. The third-order valence-corrected chi connectivity index (χ3v) is 6.70. The molecule has 0 atom stereocenters. The molecule has 8 nitrogen and oxygen atoms in total. The maximum absolute atomic E-state index is 13.2. The van der Waals surface area contributed by atoms with Crippen LogP contribution in [-0.4, -0.2) is 77.7 Å². The zero-order valence-electron chi connectivity index (χ0n) is 22.1. The molecule has 8 heteroatoms. The van der Waals surface area contributed by atoms with Crippen LogP contribution in [0.25, 0.3) is 11.3 Å². The largest absolute Gasteiger partial charge is 0.497 e. The zero-order valence-corrected chi connectivity index (χ0v) is 22.1. The third kappa shape index (κ3) is 6.44. The third-order valence-electron chi connectivity index (χ3n) is 6.70. The summed E-state index contributed by atoms with van der Waals surface area (Å²) in [5.41, 5.74) is 3.62. The van der Waals surface area contributed by atoms with Gasteiger partial charge in [-0.15, -0.1) is 10.2 Å². The van der Waals surface area contributed by atoms with Crippen molar-refractivity contribution < 1.29 is 14.3 Å². The van der Waals surface area contributed by atoms with Gasteiger partial charge in [-0.2, -0.15) is 0 Å². The van der Waals surface area contributed by atoms with Crippen LogP contribution in [0.3, 0.4) is 0 Å². The van der Waals surface area contributed by atoms with E-state index in [0.717, 1.165) is 30.0 Å². The summed E-state index contributed by atoms with van der Waals surface area (Å²) < 4.78 is 5.19. The summed E-state index contributed by atoms with van der Waals surface area (Å²) in [6, 6.07) is 19.1. The van der Waals surface area contributed by atoms with Gasteiger partial charge in [0.05, 0.1) is 12.8 Å². The molecule has 194 valence electrons. The second-order valence-electron chi connectivity index (χ2n) is 9.62. The SMILES string of the molecule is COc1ccc(C(=O)N(CC(=O)N2CCCN(c3ccc(-c4ccc(C)cc4)nn3)CC2)C(C)C)cc1. The molecule has 3 aromatic rings. The fourth-order valence-electron chi connectivity index (χ4n) is 4.40. The summed E-state index contributed by atoms with van der Waals surface area (Å²) >= 11 is 0. The molecular weight excluding hydrogens is 466 g/mol. The van der Waals surface area contributed by atoms with Crippen LogP contribution < -0.4 is 9.64 Å². The molecule has 1 fully saturated rings. The molecule has 1 aliphatic heterocycles. The van der Waals surface area contributed by atoms with Crippen molar-refractivity contribution >= 4 is 17.6 Å². The van der Waals surface area contributed by atoms with Gasteiger partial charge in [0.15, 0.2) is 5.82 Å². The van der Waals surface area contributed by atoms with Crippen LogP contribution in [0.15, 0.2) is 60.7 Å². The number of ether oxygens (including phenoxy) is 1. The molecule has 4 rings (SSSR count). The van der Waals surface area contributed by atoms with Gasteiger partial charge in [0.25, 0.3) is 5.91 Å². The molecule has 2 aromatic carbocycles. The molecule has 2 amide bonds. The van der Waals surface area contributed by atoms with Gasteiger partial charge in [0.1, 0.15) is 12.3 Å².